The van der Waals surface area contributed by atoms with Crippen LogP contribution in [0.2, 0.25) is 0 Å². The Hall–Kier alpha value is -0.570. The molecule has 100 valence electrons. The van der Waals surface area contributed by atoms with Crippen molar-refractivity contribution in [2.24, 2.45) is 17.8 Å². The number of carbonyl (C=O) groups is 1. The van der Waals surface area contributed by atoms with E-state index in [-0.39, 0.29) is 5.92 Å². The zero-order chi connectivity index (χ0) is 13.1. The molecular weight excluding hydrogens is 216 g/mol. The van der Waals surface area contributed by atoms with Gasteiger partial charge < -0.3 is 10.2 Å². The van der Waals surface area contributed by atoms with Gasteiger partial charge in [0.15, 0.2) is 5.60 Å². The smallest absolute Gasteiger partial charge is 0.335 e. The predicted octanol–water partition coefficient (Wildman–Crippen LogP) is 3.06. The molecule has 0 spiro atoms. The van der Waals surface area contributed by atoms with Gasteiger partial charge in [-0.25, -0.2) is 4.79 Å². The topological polar surface area (TPSA) is 57.5 Å². The summed E-state index contributed by atoms with van der Waals surface area (Å²) in [7, 11) is 0. The SMILES string of the molecule is CCC(O)(C(=O)O)C1CCCC(CC(C)C)C1. The Bertz CT molecular complexity index is 262. The van der Waals surface area contributed by atoms with Gasteiger partial charge in [0, 0.05) is 0 Å². The largest absolute Gasteiger partial charge is 0.479 e. The summed E-state index contributed by atoms with van der Waals surface area (Å²) in [5.74, 6) is 0.127. The molecule has 1 fully saturated rings. The first-order valence-corrected chi connectivity index (χ1v) is 6.85. The average molecular weight is 242 g/mol. The fraction of sp³-hybridized carbons (Fsp3) is 0.929. The fourth-order valence-electron chi connectivity index (χ4n) is 3.22. The monoisotopic (exact) mass is 242 g/mol. The molecule has 3 unspecified atom stereocenters. The van der Waals surface area contributed by atoms with E-state index >= 15 is 0 Å². The van der Waals surface area contributed by atoms with Crippen molar-refractivity contribution in [3.8, 4) is 0 Å². The van der Waals surface area contributed by atoms with E-state index in [0.29, 0.717) is 18.3 Å². The maximum absolute atomic E-state index is 11.2. The molecule has 0 amide bonds. The van der Waals surface area contributed by atoms with Crippen LogP contribution in [0.3, 0.4) is 0 Å². The molecular formula is C14H26O3. The minimum Gasteiger partial charge on any atom is -0.479 e. The van der Waals surface area contributed by atoms with Crippen LogP contribution in [0.4, 0.5) is 0 Å². The summed E-state index contributed by atoms with van der Waals surface area (Å²) in [4.78, 5) is 11.2. The van der Waals surface area contributed by atoms with Gasteiger partial charge in [0.2, 0.25) is 0 Å². The van der Waals surface area contributed by atoms with Gasteiger partial charge in [0.05, 0.1) is 0 Å². The summed E-state index contributed by atoms with van der Waals surface area (Å²) in [6, 6.07) is 0. The minimum atomic E-state index is -1.50. The van der Waals surface area contributed by atoms with Gasteiger partial charge in [-0.3, -0.25) is 0 Å². The molecule has 2 N–H and O–H groups in total. The van der Waals surface area contributed by atoms with Gasteiger partial charge in [-0.05, 0) is 43.4 Å². The van der Waals surface area contributed by atoms with Gasteiger partial charge in [-0.1, -0.05) is 33.6 Å². The lowest BCUT2D eigenvalue weighted by molar-refractivity contribution is -0.168. The first kappa shape index (κ1) is 14.5. The van der Waals surface area contributed by atoms with Crippen LogP contribution in [0, 0.1) is 17.8 Å². The Morgan fingerprint density at radius 1 is 1.41 bits per heavy atom. The molecule has 0 aliphatic heterocycles. The molecule has 17 heavy (non-hydrogen) atoms. The highest BCUT2D eigenvalue weighted by Gasteiger charge is 2.44. The molecule has 0 heterocycles. The third kappa shape index (κ3) is 3.44. The summed E-state index contributed by atoms with van der Waals surface area (Å²) in [5.41, 5.74) is -1.50. The van der Waals surface area contributed by atoms with Crippen molar-refractivity contribution in [2.75, 3.05) is 0 Å². The Labute approximate surface area is 104 Å². The highest BCUT2D eigenvalue weighted by Crippen LogP contribution is 2.39. The van der Waals surface area contributed by atoms with Crippen LogP contribution in [0.15, 0.2) is 0 Å². The lowest BCUT2D eigenvalue weighted by Gasteiger charge is -2.38. The van der Waals surface area contributed by atoms with E-state index in [1.165, 1.54) is 6.42 Å². The highest BCUT2D eigenvalue weighted by molar-refractivity contribution is 5.77. The second-order valence-corrected chi connectivity index (χ2v) is 5.94. The van der Waals surface area contributed by atoms with Crippen molar-refractivity contribution in [3.05, 3.63) is 0 Å². The molecule has 1 aliphatic rings. The van der Waals surface area contributed by atoms with Crippen LogP contribution in [0.25, 0.3) is 0 Å². The number of carboxylic acid groups (broad SMARTS) is 1. The quantitative estimate of drug-likeness (QED) is 0.779. The van der Waals surface area contributed by atoms with E-state index in [1.807, 2.05) is 0 Å². The molecule has 1 rings (SSSR count). The highest BCUT2D eigenvalue weighted by atomic mass is 16.4. The molecule has 3 heteroatoms. The molecule has 0 aromatic carbocycles. The molecule has 0 saturated heterocycles. The third-order valence-electron chi connectivity index (χ3n) is 4.17. The molecule has 1 aliphatic carbocycles. The summed E-state index contributed by atoms with van der Waals surface area (Å²) in [6.07, 6.45) is 5.42. The first-order chi connectivity index (χ1) is 7.90. The van der Waals surface area contributed by atoms with Gasteiger partial charge in [0.25, 0.3) is 0 Å². The number of hydrogen-bond donors (Lipinski definition) is 2. The van der Waals surface area contributed by atoms with Gasteiger partial charge in [-0.15, -0.1) is 0 Å². The normalized spacial score (nSPS) is 29.0. The zero-order valence-electron chi connectivity index (χ0n) is 11.3. The first-order valence-electron chi connectivity index (χ1n) is 6.85. The third-order valence-corrected chi connectivity index (χ3v) is 4.17. The number of aliphatic hydroxyl groups is 1. The van der Waals surface area contributed by atoms with Crippen LogP contribution in [-0.4, -0.2) is 21.8 Å². The van der Waals surface area contributed by atoms with Crippen molar-refractivity contribution in [3.63, 3.8) is 0 Å². The van der Waals surface area contributed by atoms with E-state index in [2.05, 4.69) is 13.8 Å². The van der Waals surface area contributed by atoms with E-state index in [4.69, 9.17) is 0 Å². The van der Waals surface area contributed by atoms with Gasteiger partial charge in [0.1, 0.15) is 0 Å². The van der Waals surface area contributed by atoms with E-state index in [1.54, 1.807) is 6.92 Å². The molecule has 3 nitrogen and oxygen atoms in total. The maximum Gasteiger partial charge on any atom is 0.335 e. The van der Waals surface area contributed by atoms with E-state index in [9.17, 15) is 15.0 Å². The minimum absolute atomic E-state index is 0.0671. The molecule has 0 radical (unpaired) electrons. The van der Waals surface area contributed by atoms with Crippen molar-refractivity contribution in [1.82, 2.24) is 0 Å². The molecule has 1 saturated carbocycles. The Kier molecular flexibility index (Phi) is 4.99. The predicted molar refractivity (Wildman–Crippen MR) is 67.8 cm³/mol. The van der Waals surface area contributed by atoms with Gasteiger partial charge in [-0.2, -0.15) is 0 Å². The van der Waals surface area contributed by atoms with Crippen LogP contribution in [0.1, 0.15) is 59.3 Å². The standard InChI is InChI=1S/C14H26O3/c1-4-14(17,13(15)16)12-7-5-6-11(9-12)8-10(2)3/h10-12,17H,4-9H2,1-3H3,(H,15,16). The fourth-order valence-corrected chi connectivity index (χ4v) is 3.22. The number of carboxylic acids is 1. The summed E-state index contributed by atoms with van der Waals surface area (Å²) >= 11 is 0. The summed E-state index contributed by atoms with van der Waals surface area (Å²) in [5, 5.41) is 19.5. The van der Waals surface area contributed by atoms with Crippen molar-refractivity contribution < 1.29 is 15.0 Å². The number of rotatable bonds is 5. The van der Waals surface area contributed by atoms with Crippen LogP contribution in [0.5, 0.6) is 0 Å². The van der Waals surface area contributed by atoms with E-state index < -0.39 is 11.6 Å². The van der Waals surface area contributed by atoms with Gasteiger partial charge >= 0.3 is 5.97 Å². The van der Waals surface area contributed by atoms with Crippen LogP contribution in [-0.2, 0) is 4.79 Å². The molecule has 0 aromatic rings. The van der Waals surface area contributed by atoms with Crippen molar-refractivity contribution in [1.29, 1.82) is 0 Å². The summed E-state index contributed by atoms with van der Waals surface area (Å²) in [6.45, 7) is 6.17. The van der Waals surface area contributed by atoms with Crippen molar-refractivity contribution >= 4 is 5.97 Å². The Morgan fingerprint density at radius 3 is 2.53 bits per heavy atom. The summed E-state index contributed by atoms with van der Waals surface area (Å²) < 4.78 is 0. The second-order valence-electron chi connectivity index (χ2n) is 5.94. The molecule has 3 atom stereocenters. The Balaban J connectivity index is 2.68. The van der Waals surface area contributed by atoms with Crippen LogP contribution < -0.4 is 0 Å². The lowest BCUT2D eigenvalue weighted by Crippen LogP contribution is -2.47. The Morgan fingerprint density at radius 2 is 2.06 bits per heavy atom. The maximum atomic E-state index is 11.2. The number of aliphatic carboxylic acids is 1. The molecule has 0 bridgehead atoms. The zero-order valence-corrected chi connectivity index (χ0v) is 11.3. The molecule has 0 aromatic heterocycles. The van der Waals surface area contributed by atoms with E-state index in [0.717, 1.165) is 25.7 Å². The van der Waals surface area contributed by atoms with Crippen molar-refractivity contribution in [2.45, 2.75) is 64.9 Å². The second kappa shape index (κ2) is 5.85. The average Bonchev–Trinajstić information content (AvgIpc) is 2.27. The lowest BCUT2D eigenvalue weighted by atomic mass is 9.70. The van der Waals surface area contributed by atoms with Crippen LogP contribution >= 0.6 is 0 Å². The number of hydrogen-bond acceptors (Lipinski definition) is 2.